The van der Waals surface area contributed by atoms with E-state index < -0.39 is 13.8 Å². The van der Waals surface area contributed by atoms with Crippen molar-refractivity contribution in [1.29, 1.82) is 0 Å². The summed E-state index contributed by atoms with van der Waals surface area (Å²) < 4.78 is 18.0. The van der Waals surface area contributed by atoms with Gasteiger partial charge in [0.15, 0.2) is 0 Å². The fourth-order valence-electron chi connectivity index (χ4n) is 0. The van der Waals surface area contributed by atoms with Gasteiger partial charge in [0.25, 0.3) is 0 Å². The van der Waals surface area contributed by atoms with Crippen molar-refractivity contribution >= 4 is 13.8 Å². The maximum Gasteiger partial charge on any atom is 0 e. The largest absolute Gasteiger partial charge is 0 e. The molecule has 0 atom stereocenters. The first kappa shape index (κ1) is 9.96. The van der Waals surface area contributed by atoms with Crippen LogP contribution in [0.25, 0.3) is 0 Å². The Morgan fingerprint density at radius 2 is 1.50 bits per heavy atom. The zero-order chi connectivity index (χ0) is 4.50. The molecule has 1 N–H and O–H groups in total. The molecule has 0 heterocycles. The van der Waals surface area contributed by atoms with Gasteiger partial charge in [0.05, 0.1) is 0 Å². The summed E-state index contributed by atoms with van der Waals surface area (Å²) in [5.41, 5.74) is 2.72. The van der Waals surface area contributed by atoms with E-state index in [4.69, 9.17) is 4.10 Å². The van der Waals surface area contributed by atoms with E-state index in [0.29, 0.717) is 0 Å². The van der Waals surface area contributed by atoms with Crippen LogP contribution in [0, 0.1) is 0 Å². The molecule has 2 nitrogen and oxygen atoms in total. The minimum absolute atomic E-state index is 0. The van der Waals surface area contributed by atoms with E-state index in [1.165, 1.54) is 11.4 Å². The van der Waals surface area contributed by atoms with Crippen LogP contribution in [0.15, 0.2) is 0 Å². The van der Waals surface area contributed by atoms with Crippen molar-refractivity contribution in [3.05, 3.63) is 0 Å². The van der Waals surface area contributed by atoms with Crippen molar-refractivity contribution in [3.63, 3.8) is 0 Å². The topological polar surface area (TPSA) is 37.3 Å². The maximum absolute atomic E-state index is 9.83. The average Bonchev–Trinajstić information content (AvgIpc) is 0.722. The SMILES string of the molecule is C[As](C)(=O)O.[Fe]. The zero-order valence-corrected chi connectivity index (χ0v) is 6.64. The van der Waals surface area contributed by atoms with Crippen LogP contribution in [0.5, 0.6) is 0 Å². The summed E-state index contributed by atoms with van der Waals surface area (Å²) in [5.74, 6) is 0. The second kappa shape index (κ2) is 2.92. The third kappa shape index (κ3) is 101. The average molecular weight is 194 g/mol. The zero-order valence-electron chi connectivity index (χ0n) is 3.66. The molecule has 0 aliphatic carbocycles. The van der Waals surface area contributed by atoms with Crippen molar-refractivity contribution in [3.8, 4) is 0 Å². The molecule has 0 aromatic carbocycles. The van der Waals surface area contributed by atoms with E-state index >= 15 is 0 Å². The summed E-state index contributed by atoms with van der Waals surface area (Å²) in [7, 11) is 0. The molecular formula is C2H7AsFeO2. The van der Waals surface area contributed by atoms with Gasteiger partial charge in [-0.25, -0.2) is 0 Å². The van der Waals surface area contributed by atoms with Crippen molar-refractivity contribution in [2.45, 2.75) is 11.4 Å². The second-order valence-electron chi connectivity index (χ2n) is 1.29. The molecule has 0 aromatic rings. The molecule has 0 unspecified atom stereocenters. The molecule has 0 rings (SSSR count). The molecule has 40 valence electrons. The summed E-state index contributed by atoms with van der Waals surface area (Å²) in [5, 5.41) is 0. The fraction of sp³-hybridized carbons (Fsp3) is 1.00. The van der Waals surface area contributed by atoms with Crippen LogP contribution < -0.4 is 0 Å². The Morgan fingerprint density at radius 3 is 1.50 bits per heavy atom. The molecule has 0 fully saturated rings. The smallest absolute Gasteiger partial charge is 0 e. The van der Waals surface area contributed by atoms with Gasteiger partial charge >= 0.3 is 33.1 Å². The molecule has 0 aromatic heterocycles. The van der Waals surface area contributed by atoms with Gasteiger partial charge in [-0.05, 0) is 0 Å². The van der Waals surface area contributed by atoms with Gasteiger partial charge in [0, 0.05) is 17.1 Å². The number of hydrogen-bond donors (Lipinski definition) is 1. The second-order valence-corrected chi connectivity index (χ2v) is 6.72. The maximum atomic E-state index is 9.83. The normalized spacial score (nSPS) is 9.83. The Balaban J connectivity index is 0. The third-order valence-corrected chi connectivity index (χ3v) is 0. The van der Waals surface area contributed by atoms with Crippen LogP contribution in [-0.2, 0) is 20.8 Å². The Morgan fingerprint density at radius 1 is 1.50 bits per heavy atom. The first-order valence-electron chi connectivity index (χ1n) is 1.28. The van der Waals surface area contributed by atoms with Gasteiger partial charge in [-0.3, -0.25) is 0 Å². The van der Waals surface area contributed by atoms with E-state index in [2.05, 4.69) is 0 Å². The van der Waals surface area contributed by atoms with Crippen LogP contribution in [0.1, 0.15) is 0 Å². The van der Waals surface area contributed by atoms with Crippen LogP contribution >= 0.6 is 0 Å². The molecule has 0 amide bonds. The Labute approximate surface area is 50.4 Å². The quantitative estimate of drug-likeness (QED) is 0.555. The first-order valence-corrected chi connectivity index (χ1v) is 6.64. The Kier molecular flexibility index (Phi) is 4.85. The van der Waals surface area contributed by atoms with Gasteiger partial charge in [-0.1, -0.05) is 0 Å². The predicted molar refractivity (Wildman–Crippen MR) is 20.4 cm³/mol. The minimum Gasteiger partial charge on any atom is 0 e. The van der Waals surface area contributed by atoms with Gasteiger partial charge in [0.1, 0.15) is 0 Å². The van der Waals surface area contributed by atoms with Crippen molar-refractivity contribution in [2.24, 2.45) is 0 Å². The fourth-order valence-corrected chi connectivity index (χ4v) is 0. The molecule has 0 radical (unpaired) electrons. The van der Waals surface area contributed by atoms with Crippen molar-refractivity contribution in [2.75, 3.05) is 0 Å². The molecular weight excluding hydrogens is 187 g/mol. The van der Waals surface area contributed by atoms with Crippen molar-refractivity contribution < 1.29 is 24.9 Å². The molecule has 0 spiro atoms. The molecule has 6 heavy (non-hydrogen) atoms. The molecule has 0 bridgehead atoms. The first-order chi connectivity index (χ1) is 2.00. The standard InChI is InChI=1S/C2H7AsO2.Fe/c1-3(2,4)5;/h1-2H3,(H,4,5);. The van der Waals surface area contributed by atoms with Crippen LogP contribution in [-0.4, -0.2) is 17.9 Å². The Hall–Kier alpha value is 0.838. The van der Waals surface area contributed by atoms with Crippen molar-refractivity contribution in [1.82, 2.24) is 0 Å². The molecule has 0 aliphatic heterocycles. The summed E-state index contributed by atoms with van der Waals surface area (Å²) in [6.45, 7) is 0. The van der Waals surface area contributed by atoms with Gasteiger partial charge in [0.2, 0.25) is 0 Å². The molecule has 0 aliphatic rings. The van der Waals surface area contributed by atoms with E-state index in [-0.39, 0.29) is 17.1 Å². The van der Waals surface area contributed by atoms with E-state index in [0.717, 1.165) is 0 Å². The molecule has 0 saturated carbocycles. The van der Waals surface area contributed by atoms with Crippen LogP contribution in [0.3, 0.4) is 0 Å². The van der Waals surface area contributed by atoms with Gasteiger partial charge in [-0.2, -0.15) is 0 Å². The van der Waals surface area contributed by atoms with E-state index in [1.807, 2.05) is 0 Å². The summed E-state index contributed by atoms with van der Waals surface area (Å²) in [6, 6.07) is 0. The van der Waals surface area contributed by atoms with Crippen LogP contribution in [0.2, 0.25) is 11.4 Å². The summed E-state index contributed by atoms with van der Waals surface area (Å²) in [4.78, 5) is 0. The molecule has 4 heteroatoms. The predicted octanol–water partition coefficient (Wildman–Crippen LogP) is 0.108. The number of rotatable bonds is 0. The Bertz CT molecular complexity index is 57.7. The monoisotopic (exact) mass is 194 g/mol. The summed E-state index contributed by atoms with van der Waals surface area (Å²) >= 11 is -3.12. The minimum atomic E-state index is -3.12. The van der Waals surface area contributed by atoms with Gasteiger partial charge < -0.3 is 0 Å². The number of hydrogen-bond acceptors (Lipinski definition) is 1. The van der Waals surface area contributed by atoms with E-state index in [1.54, 1.807) is 0 Å². The van der Waals surface area contributed by atoms with E-state index in [9.17, 15) is 3.74 Å². The molecule has 0 saturated heterocycles. The third-order valence-electron chi connectivity index (χ3n) is 0. The van der Waals surface area contributed by atoms with Crippen LogP contribution in [0.4, 0.5) is 0 Å². The summed E-state index contributed by atoms with van der Waals surface area (Å²) in [6.07, 6.45) is 0. The van der Waals surface area contributed by atoms with Gasteiger partial charge in [-0.15, -0.1) is 0 Å².